The fraction of sp³-hybridized carbons (Fsp3) is 0.818. The fourth-order valence-corrected chi connectivity index (χ4v) is 1.60. The van der Waals surface area contributed by atoms with Crippen molar-refractivity contribution in [1.29, 1.82) is 0 Å². The van der Waals surface area contributed by atoms with Crippen LogP contribution in [0.5, 0.6) is 0 Å². The Bertz CT molecular complexity index is 264. The van der Waals surface area contributed by atoms with Crippen molar-refractivity contribution in [2.45, 2.75) is 39.3 Å². The molecule has 0 bridgehead atoms. The lowest BCUT2D eigenvalue weighted by molar-refractivity contribution is 0.209. The summed E-state index contributed by atoms with van der Waals surface area (Å²) in [6.07, 6.45) is 5.54. The first-order chi connectivity index (χ1) is 7.79. The van der Waals surface area contributed by atoms with Crippen LogP contribution >= 0.6 is 0 Å². The van der Waals surface area contributed by atoms with Crippen LogP contribution in [0.1, 0.15) is 33.1 Å². The summed E-state index contributed by atoms with van der Waals surface area (Å²) in [7, 11) is 0. The van der Waals surface area contributed by atoms with Crippen LogP contribution in [0.2, 0.25) is 0 Å². The smallest absolute Gasteiger partial charge is 0.236 e. The van der Waals surface area contributed by atoms with Crippen molar-refractivity contribution < 1.29 is 9.59 Å². The lowest BCUT2D eigenvalue weighted by Gasteiger charge is -2.24. The maximum Gasteiger partial charge on any atom is 0.236 e. The predicted octanol–water partition coefficient (Wildman–Crippen LogP) is 1.50. The maximum absolute atomic E-state index is 10.3. The number of unbranched alkanes of at least 4 members (excludes halogenated alkanes) is 1. The third kappa shape index (κ3) is 6.25. The quantitative estimate of drug-likeness (QED) is 0.339. The van der Waals surface area contributed by atoms with E-state index in [0.717, 1.165) is 32.4 Å². The number of rotatable bonds is 9. The molecule has 0 saturated heterocycles. The van der Waals surface area contributed by atoms with E-state index in [0.29, 0.717) is 6.54 Å². The van der Waals surface area contributed by atoms with Crippen molar-refractivity contribution in [2.24, 2.45) is 9.98 Å². The Morgan fingerprint density at radius 3 is 2.31 bits per heavy atom. The van der Waals surface area contributed by atoms with E-state index in [1.807, 2.05) is 13.8 Å². The summed E-state index contributed by atoms with van der Waals surface area (Å²) in [4.78, 5) is 29.5. The highest BCUT2D eigenvalue weighted by Crippen LogP contribution is 2.09. The molecular weight excluding hydrogens is 206 g/mol. The summed E-state index contributed by atoms with van der Waals surface area (Å²) in [6.45, 7) is 6.29. The van der Waals surface area contributed by atoms with E-state index in [1.165, 1.54) is 6.08 Å². The van der Waals surface area contributed by atoms with Crippen molar-refractivity contribution in [3.05, 3.63) is 0 Å². The minimum absolute atomic E-state index is 0.0901. The van der Waals surface area contributed by atoms with Crippen LogP contribution in [0.15, 0.2) is 9.98 Å². The largest absolute Gasteiger partial charge is 0.282 e. The van der Waals surface area contributed by atoms with E-state index in [1.54, 1.807) is 6.08 Å². The van der Waals surface area contributed by atoms with Gasteiger partial charge in [-0.05, 0) is 32.4 Å². The monoisotopic (exact) mass is 225 g/mol. The molecule has 0 N–H and O–H groups in total. The molecule has 0 aromatic rings. The SMILES string of the molecule is CCN(CC)C(CCCCN=C=O)N=C=O. The van der Waals surface area contributed by atoms with Gasteiger partial charge in [0, 0.05) is 0 Å². The molecular formula is C11H19N3O2. The number of carbonyl (C=O) groups excluding carboxylic acids is 2. The molecule has 0 radical (unpaired) electrons. The number of isocyanates is 2. The van der Waals surface area contributed by atoms with Gasteiger partial charge in [0.15, 0.2) is 0 Å². The summed E-state index contributed by atoms with van der Waals surface area (Å²) in [5.41, 5.74) is 0. The molecule has 0 rings (SSSR count). The molecule has 0 heterocycles. The van der Waals surface area contributed by atoms with Gasteiger partial charge in [-0.1, -0.05) is 13.8 Å². The molecule has 0 spiro atoms. The average molecular weight is 225 g/mol. The van der Waals surface area contributed by atoms with E-state index in [2.05, 4.69) is 14.9 Å². The zero-order chi connectivity index (χ0) is 12.2. The standard InChI is InChI=1S/C11H19N3O2/c1-3-14(4-2)11(13-10-16)7-5-6-8-12-9-15/h11H,3-8H2,1-2H3. The van der Waals surface area contributed by atoms with Gasteiger partial charge in [-0.15, -0.1) is 0 Å². The lowest BCUT2D eigenvalue weighted by atomic mass is 10.2. The molecule has 0 amide bonds. The van der Waals surface area contributed by atoms with Crippen molar-refractivity contribution >= 4 is 12.2 Å². The Balaban J connectivity index is 4.02. The Kier molecular flexibility index (Phi) is 9.43. The second-order valence-electron chi connectivity index (χ2n) is 3.39. The Hall–Kier alpha value is -1.28. The summed E-state index contributed by atoms with van der Waals surface area (Å²) < 4.78 is 0. The number of hydrogen-bond acceptors (Lipinski definition) is 5. The molecule has 0 aliphatic heterocycles. The Labute approximate surface area is 96.3 Å². The summed E-state index contributed by atoms with van der Waals surface area (Å²) in [5, 5.41) is 0. The molecule has 5 nitrogen and oxygen atoms in total. The fourth-order valence-electron chi connectivity index (χ4n) is 1.60. The highest BCUT2D eigenvalue weighted by atomic mass is 16.1. The van der Waals surface area contributed by atoms with Crippen LogP contribution in [0, 0.1) is 0 Å². The van der Waals surface area contributed by atoms with E-state index >= 15 is 0 Å². The van der Waals surface area contributed by atoms with Gasteiger partial charge < -0.3 is 0 Å². The molecule has 0 aliphatic rings. The van der Waals surface area contributed by atoms with Gasteiger partial charge in [-0.3, -0.25) is 4.90 Å². The highest BCUT2D eigenvalue weighted by molar-refractivity contribution is 5.33. The zero-order valence-corrected chi connectivity index (χ0v) is 9.98. The van der Waals surface area contributed by atoms with Crippen molar-refractivity contribution in [3.8, 4) is 0 Å². The number of nitrogens with zero attached hydrogens (tertiary/aromatic N) is 3. The van der Waals surface area contributed by atoms with Gasteiger partial charge in [-0.25, -0.2) is 14.6 Å². The van der Waals surface area contributed by atoms with Crippen LogP contribution in [-0.2, 0) is 9.59 Å². The molecule has 0 aromatic heterocycles. The molecule has 5 heteroatoms. The van der Waals surface area contributed by atoms with Gasteiger partial charge in [0.1, 0.15) is 6.17 Å². The maximum atomic E-state index is 10.3. The minimum Gasteiger partial charge on any atom is -0.282 e. The number of aliphatic imine (C=N–C) groups is 2. The topological polar surface area (TPSA) is 62.1 Å². The van der Waals surface area contributed by atoms with E-state index in [4.69, 9.17) is 0 Å². The summed E-state index contributed by atoms with van der Waals surface area (Å²) >= 11 is 0. The first-order valence-corrected chi connectivity index (χ1v) is 5.64. The van der Waals surface area contributed by atoms with Crippen LogP contribution in [0.25, 0.3) is 0 Å². The zero-order valence-electron chi connectivity index (χ0n) is 9.98. The molecule has 1 atom stereocenters. The normalized spacial score (nSPS) is 11.7. The highest BCUT2D eigenvalue weighted by Gasteiger charge is 2.13. The van der Waals surface area contributed by atoms with E-state index < -0.39 is 0 Å². The first kappa shape index (κ1) is 14.7. The third-order valence-corrected chi connectivity index (χ3v) is 2.48. The van der Waals surface area contributed by atoms with E-state index in [9.17, 15) is 9.59 Å². The van der Waals surface area contributed by atoms with E-state index in [-0.39, 0.29) is 6.17 Å². The molecule has 16 heavy (non-hydrogen) atoms. The molecule has 0 aliphatic carbocycles. The predicted molar refractivity (Wildman–Crippen MR) is 61.7 cm³/mol. The van der Waals surface area contributed by atoms with Crippen molar-refractivity contribution in [2.75, 3.05) is 19.6 Å². The molecule has 0 aromatic carbocycles. The van der Waals surface area contributed by atoms with Gasteiger partial charge in [-0.2, -0.15) is 4.99 Å². The van der Waals surface area contributed by atoms with Crippen LogP contribution in [0.4, 0.5) is 0 Å². The second kappa shape index (κ2) is 10.2. The summed E-state index contributed by atoms with van der Waals surface area (Å²) in [5.74, 6) is 0. The molecule has 0 saturated carbocycles. The van der Waals surface area contributed by atoms with Crippen LogP contribution in [-0.4, -0.2) is 42.9 Å². The minimum atomic E-state index is -0.0901. The van der Waals surface area contributed by atoms with Gasteiger partial charge >= 0.3 is 0 Å². The van der Waals surface area contributed by atoms with Crippen LogP contribution in [0.3, 0.4) is 0 Å². The van der Waals surface area contributed by atoms with Gasteiger partial charge in [0.2, 0.25) is 12.2 Å². The summed E-state index contributed by atoms with van der Waals surface area (Å²) in [6, 6.07) is 0. The molecule has 0 fully saturated rings. The van der Waals surface area contributed by atoms with Crippen molar-refractivity contribution in [3.63, 3.8) is 0 Å². The number of hydrogen-bond donors (Lipinski definition) is 0. The molecule has 90 valence electrons. The van der Waals surface area contributed by atoms with Crippen molar-refractivity contribution in [1.82, 2.24) is 4.90 Å². The average Bonchev–Trinajstić information content (AvgIpc) is 2.30. The Morgan fingerprint density at radius 2 is 1.81 bits per heavy atom. The molecule has 1 unspecified atom stereocenters. The third-order valence-electron chi connectivity index (χ3n) is 2.48. The second-order valence-corrected chi connectivity index (χ2v) is 3.39. The van der Waals surface area contributed by atoms with Gasteiger partial charge in [0.25, 0.3) is 0 Å². The van der Waals surface area contributed by atoms with Crippen LogP contribution < -0.4 is 0 Å². The Morgan fingerprint density at radius 1 is 1.12 bits per heavy atom. The lowest BCUT2D eigenvalue weighted by Crippen LogP contribution is -2.33. The first-order valence-electron chi connectivity index (χ1n) is 5.64. The van der Waals surface area contributed by atoms with Gasteiger partial charge in [0.05, 0.1) is 6.54 Å².